The maximum Gasteiger partial charge on any atom is 0.337 e. The summed E-state index contributed by atoms with van der Waals surface area (Å²) in [4.78, 5) is 13.4. The lowest BCUT2D eigenvalue weighted by Gasteiger charge is -2.25. The van der Waals surface area contributed by atoms with Gasteiger partial charge in [0.25, 0.3) is 0 Å². The summed E-state index contributed by atoms with van der Waals surface area (Å²) in [5, 5.41) is 9.80. The first kappa shape index (κ1) is 12.2. The molecule has 1 aromatic rings. The van der Waals surface area contributed by atoms with Crippen LogP contribution in [0.25, 0.3) is 0 Å². The van der Waals surface area contributed by atoms with Gasteiger partial charge >= 0.3 is 5.97 Å². The summed E-state index contributed by atoms with van der Waals surface area (Å²) in [6.07, 6.45) is 3.29. The molecule has 0 saturated heterocycles. The van der Waals surface area contributed by atoms with Crippen molar-refractivity contribution in [1.82, 2.24) is 0 Å². The third kappa shape index (κ3) is 2.72. The zero-order chi connectivity index (χ0) is 12.4. The van der Waals surface area contributed by atoms with Crippen LogP contribution >= 0.6 is 11.6 Å². The Morgan fingerprint density at radius 1 is 1.53 bits per heavy atom. The number of benzene rings is 1. The topological polar surface area (TPSA) is 40.5 Å². The van der Waals surface area contributed by atoms with E-state index < -0.39 is 5.97 Å². The Labute approximate surface area is 106 Å². The lowest BCUT2D eigenvalue weighted by Crippen LogP contribution is -2.28. The van der Waals surface area contributed by atoms with Crippen LogP contribution in [-0.4, -0.2) is 23.7 Å². The molecule has 92 valence electrons. The second-order valence-corrected chi connectivity index (χ2v) is 4.83. The van der Waals surface area contributed by atoms with E-state index in [1.54, 1.807) is 18.2 Å². The largest absolute Gasteiger partial charge is 0.478 e. The van der Waals surface area contributed by atoms with Crippen molar-refractivity contribution >= 4 is 23.3 Å². The van der Waals surface area contributed by atoms with Crippen molar-refractivity contribution in [3.8, 4) is 0 Å². The molecule has 2 rings (SSSR count). The minimum absolute atomic E-state index is 0.342. The van der Waals surface area contributed by atoms with Gasteiger partial charge in [-0.2, -0.15) is 0 Å². The van der Waals surface area contributed by atoms with Crippen LogP contribution < -0.4 is 4.90 Å². The Bertz CT molecular complexity index is 429. The maximum atomic E-state index is 11.2. The highest BCUT2D eigenvalue weighted by Crippen LogP contribution is 2.35. The van der Waals surface area contributed by atoms with Gasteiger partial charge in [0.15, 0.2) is 0 Å². The summed E-state index contributed by atoms with van der Waals surface area (Å²) in [5.74, 6) is -0.890. The molecule has 1 N–H and O–H groups in total. The van der Waals surface area contributed by atoms with E-state index >= 15 is 0 Å². The number of carbonyl (C=O) groups is 1. The molecule has 1 aliphatic carbocycles. The van der Waals surface area contributed by atoms with E-state index in [9.17, 15) is 9.90 Å². The Morgan fingerprint density at radius 3 is 2.76 bits per heavy atom. The summed E-state index contributed by atoms with van der Waals surface area (Å²) >= 11 is 5.97. The average molecular weight is 254 g/mol. The van der Waals surface area contributed by atoms with Crippen LogP contribution in [-0.2, 0) is 0 Å². The normalized spacial score (nSPS) is 14.7. The second-order valence-electron chi connectivity index (χ2n) is 4.39. The number of hydrogen-bond donors (Lipinski definition) is 1. The number of carboxylic acid groups (broad SMARTS) is 1. The molecule has 1 aromatic carbocycles. The molecule has 1 aliphatic rings. The van der Waals surface area contributed by atoms with Gasteiger partial charge in [-0.15, -0.1) is 0 Å². The van der Waals surface area contributed by atoms with E-state index in [-0.39, 0.29) is 0 Å². The van der Waals surface area contributed by atoms with Crippen molar-refractivity contribution in [2.24, 2.45) is 0 Å². The van der Waals surface area contributed by atoms with Crippen LogP contribution in [0.15, 0.2) is 18.2 Å². The van der Waals surface area contributed by atoms with Crippen molar-refractivity contribution in [2.75, 3.05) is 11.4 Å². The van der Waals surface area contributed by atoms with Gasteiger partial charge < -0.3 is 10.0 Å². The lowest BCUT2D eigenvalue weighted by atomic mass is 10.1. The highest BCUT2D eigenvalue weighted by atomic mass is 35.5. The van der Waals surface area contributed by atoms with E-state index in [4.69, 9.17) is 11.6 Å². The molecule has 0 amide bonds. The first-order valence-corrected chi connectivity index (χ1v) is 6.30. The Hall–Kier alpha value is -1.22. The Balaban J connectivity index is 2.39. The van der Waals surface area contributed by atoms with Gasteiger partial charge in [-0.1, -0.05) is 18.5 Å². The molecule has 4 heteroatoms. The monoisotopic (exact) mass is 253 g/mol. The van der Waals surface area contributed by atoms with Crippen LogP contribution in [0.1, 0.15) is 36.5 Å². The molecular formula is C13H16ClNO2. The fourth-order valence-electron chi connectivity index (χ4n) is 2.05. The van der Waals surface area contributed by atoms with E-state index in [1.807, 2.05) is 0 Å². The molecule has 0 atom stereocenters. The average Bonchev–Trinajstić information content (AvgIpc) is 3.09. The fraction of sp³-hybridized carbons (Fsp3) is 0.462. The molecular weight excluding hydrogens is 238 g/mol. The van der Waals surface area contributed by atoms with Crippen molar-refractivity contribution < 1.29 is 9.90 Å². The summed E-state index contributed by atoms with van der Waals surface area (Å²) < 4.78 is 0. The van der Waals surface area contributed by atoms with Crippen LogP contribution in [0.4, 0.5) is 5.69 Å². The molecule has 17 heavy (non-hydrogen) atoms. The SMILES string of the molecule is CCCN(c1cc(Cl)ccc1C(=O)O)C1CC1. The molecule has 0 heterocycles. The third-order valence-electron chi connectivity index (χ3n) is 2.95. The van der Waals surface area contributed by atoms with E-state index in [0.29, 0.717) is 16.6 Å². The number of rotatable bonds is 5. The van der Waals surface area contributed by atoms with Crippen LogP contribution in [0.3, 0.4) is 0 Å². The predicted octanol–water partition coefficient (Wildman–Crippen LogP) is 3.42. The quantitative estimate of drug-likeness (QED) is 0.874. The van der Waals surface area contributed by atoms with Gasteiger partial charge in [0.2, 0.25) is 0 Å². The van der Waals surface area contributed by atoms with Gasteiger partial charge in [-0.3, -0.25) is 0 Å². The molecule has 0 spiro atoms. The number of halogens is 1. The van der Waals surface area contributed by atoms with Gasteiger partial charge in [0, 0.05) is 17.6 Å². The summed E-state index contributed by atoms with van der Waals surface area (Å²) in [5.41, 5.74) is 1.10. The highest BCUT2D eigenvalue weighted by Gasteiger charge is 2.30. The molecule has 1 fully saturated rings. The smallest absolute Gasteiger partial charge is 0.337 e. The first-order chi connectivity index (χ1) is 8.13. The Kier molecular flexibility index (Phi) is 3.57. The molecule has 0 radical (unpaired) electrons. The van der Waals surface area contributed by atoms with Crippen LogP contribution in [0.5, 0.6) is 0 Å². The van der Waals surface area contributed by atoms with E-state index in [2.05, 4.69) is 11.8 Å². The van der Waals surface area contributed by atoms with Crippen molar-refractivity contribution in [3.05, 3.63) is 28.8 Å². The maximum absolute atomic E-state index is 11.2. The van der Waals surface area contributed by atoms with Crippen molar-refractivity contribution in [3.63, 3.8) is 0 Å². The highest BCUT2D eigenvalue weighted by molar-refractivity contribution is 6.31. The summed E-state index contributed by atoms with van der Waals surface area (Å²) in [6.45, 7) is 2.98. The first-order valence-electron chi connectivity index (χ1n) is 5.93. The minimum Gasteiger partial charge on any atom is -0.478 e. The van der Waals surface area contributed by atoms with Crippen LogP contribution in [0, 0.1) is 0 Å². The minimum atomic E-state index is -0.890. The summed E-state index contributed by atoms with van der Waals surface area (Å²) in [7, 11) is 0. The van der Waals surface area contributed by atoms with Gasteiger partial charge in [-0.05, 0) is 37.5 Å². The van der Waals surface area contributed by atoms with Crippen molar-refractivity contribution in [1.29, 1.82) is 0 Å². The predicted molar refractivity (Wildman–Crippen MR) is 69.1 cm³/mol. The molecule has 0 aromatic heterocycles. The van der Waals surface area contributed by atoms with Gasteiger partial charge in [0.05, 0.1) is 11.3 Å². The standard InChI is InChI=1S/C13H16ClNO2/c1-2-7-15(10-4-5-10)12-8-9(14)3-6-11(12)13(16)17/h3,6,8,10H,2,4-5,7H2,1H3,(H,16,17). The van der Waals surface area contributed by atoms with Crippen molar-refractivity contribution in [2.45, 2.75) is 32.2 Å². The van der Waals surface area contributed by atoms with Gasteiger partial charge in [0.1, 0.15) is 0 Å². The third-order valence-corrected chi connectivity index (χ3v) is 3.19. The lowest BCUT2D eigenvalue weighted by molar-refractivity contribution is 0.0697. The van der Waals surface area contributed by atoms with Crippen LogP contribution in [0.2, 0.25) is 5.02 Å². The van der Waals surface area contributed by atoms with Gasteiger partial charge in [-0.25, -0.2) is 4.79 Å². The molecule has 0 unspecified atom stereocenters. The number of aromatic carboxylic acids is 1. The van der Waals surface area contributed by atoms with E-state index in [0.717, 1.165) is 31.5 Å². The molecule has 0 bridgehead atoms. The number of carboxylic acids is 1. The fourth-order valence-corrected chi connectivity index (χ4v) is 2.22. The molecule has 1 saturated carbocycles. The number of anilines is 1. The summed E-state index contributed by atoms with van der Waals surface area (Å²) in [6, 6.07) is 5.47. The number of hydrogen-bond acceptors (Lipinski definition) is 2. The number of nitrogens with zero attached hydrogens (tertiary/aromatic N) is 1. The molecule has 0 aliphatic heterocycles. The second kappa shape index (κ2) is 4.96. The molecule has 3 nitrogen and oxygen atoms in total. The Morgan fingerprint density at radius 2 is 2.24 bits per heavy atom. The zero-order valence-electron chi connectivity index (χ0n) is 9.82. The zero-order valence-corrected chi connectivity index (χ0v) is 10.6. The van der Waals surface area contributed by atoms with E-state index in [1.165, 1.54) is 0 Å².